The van der Waals surface area contributed by atoms with Crippen LogP contribution < -0.4 is 39.4 Å². The molecule has 1 unspecified atom stereocenters. The van der Waals surface area contributed by atoms with Gasteiger partial charge in [-0.15, -0.1) is 0 Å². The molecule has 1 aromatic carbocycles. The first-order chi connectivity index (χ1) is 13.9. The summed E-state index contributed by atoms with van der Waals surface area (Å²) in [7, 11) is -3.29. The van der Waals surface area contributed by atoms with Gasteiger partial charge in [0.25, 0.3) is 0 Å². The van der Waals surface area contributed by atoms with Crippen molar-refractivity contribution in [2.45, 2.75) is 63.8 Å². The zero-order chi connectivity index (χ0) is 20.7. The topological polar surface area (TPSA) is 86.3 Å². The van der Waals surface area contributed by atoms with Crippen molar-refractivity contribution in [2.75, 3.05) is 5.75 Å². The molecule has 1 N–H and O–H groups in total. The van der Waals surface area contributed by atoms with Crippen molar-refractivity contribution in [1.29, 1.82) is 0 Å². The van der Waals surface area contributed by atoms with E-state index in [2.05, 4.69) is 10.8 Å². The summed E-state index contributed by atoms with van der Waals surface area (Å²) >= 11 is 0. The Balaban J connectivity index is 0.00000320. The second kappa shape index (κ2) is 12.4. The number of hydrogen-bond acceptors (Lipinski definition) is 4. The van der Waals surface area contributed by atoms with Gasteiger partial charge in [-0.25, -0.2) is 13.1 Å². The first-order valence-corrected chi connectivity index (χ1v) is 12.5. The molecule has 1 aromatic rings. The van der Waals surface area contributed by atoms with Crippen LogP contribution in [-0.4, -0.2) is 26.2 Å². The number of allylic oxidation sites excluding steroid dienone is 2. The zero-order valence-corrected chi connectivity index (χ0v) is 20.8. The van der Waals surface area contributed by atoms with Gasteiger partial charge in [0.15, 0.2) is 0 Å². The number of hydrogen-bond donors (Lipinski definition) is 1. The number of carbonyl (C=O) groups is 1. The fourth-order valence-electron chi connectivity index (χ4n) is 5.05. The fourth-order valence-corrected chi connectivity index (χ4v) is 6.47. The molecule has 2 saturated carbocycles. The SMILES string of the molecule is O=C([O-])CCC/C=C\C[C@H]1[C@@H]2CCC(C2)[C@@H]1NS(=O)(=O)CCCc1ccccc1.[Na+]. The third-order valence-corrected chi connectivity index (χ3v) is 7.91. The fraction of sp³-hybridized carbons (Fsp3) is 0.609. The largest absolute Gasteiger partial charge is 1.00 e. The van der Waals surface area contributed by atoms with Crippen molar-refractivity contribution >= 4 is 16.0 Å². The van der Waals surface area contributed by atoms with Crippen LogP contribution in [0.1, 0.15) is 56.9 Å². The van der Waals surface area contributed by atoms with E-state index < -0.39 is 16.0 Å². The van der Waals surface area contributed by atoms with E-state index in [-0.39, 0.29) is 47.8 Å². The molecule has 4 atom stereocenters. The van der Waals surface area contributed by atoms with Crippen molar-refractivity contribution in [1.82, 2.24) is 4.72 Å². The Morgan fingerprint density at radius 3 is 2.57 bits per heavy atom. The molecular weight excluding hydrogens is 409 g/mol. The second-order valence-electron chi connectivity index (χ2n) is 8.52. The van der Waals surface area contributed by atoms with Gasteiger partial charge in [0.1, 0.15) is 0 Å². The summed E-state index contributed by atoms with van der Waals surface area (Å²) < 4.78 is 28.4. The standard InChI is InChI=1S/C23H33NO4S.Na/c25-22(26)13-7-2-1-6-12-21-19-14-15-20(17-19)23(21)24-29(27,28)16-8-11-18-9-4-3-5-10-18;/h1,3-6,9-10,19-21,23-24H,2,7-8,11-17H2,(H,25,26);/q;+1/p-1/b6-1-;/t19-,20?,21+,23+;/m1./s1. The van der Waals surface area contributed by atoms with Crippen LogP contribution in [-0.2, 0) is 21.2 Å². The minimum atomic E-state index is -3.29. The maximum Gasteiger partial charge on any atom is 1.00 e. The van der Waals surface area contributed by atoms with Gasteiger partial charge < -0.3 is 9.90 Å². The third-order valence-electron chi connectivity index (χ3n) is 6.45. The van der Waals surface area contributed by atoms with Crippen LogP contribution in [0.5, 0.6) is 0 Å². The molecule has 160 valence electrons. The van der Waals surface area contributed by atoms with E-state index in [4.69, 9.17) is 0 Å². The van der Waals surface area contributed by atoms with Gasteiger partial charge >= 0.3 is 29.6 Å². The molecule has 3 rings (SSSR count). The van der Waals surface area contributed by atoms with E-state index in [1.54, 1.807) is 0 Å². The molecule has 0 amide bonds. The molecule has 7 heteroatoms. The summed E-state index contributed by atoms with van der Waals surface area (Å²) in [5.41, 5.74) is 1.17. The van der Waals surface area contributed by atoms with Crippen molar-refractivity contribution in [3.05, 3.63) is 48.0 Å². The molecule has 0 heterocycles. The summed E-state index contributed by atoms with van der Waals surface area (Å²) in [6, 6.07) is 10.0. The Kier molecular flexibility index (Phi) is 10.6. The average molecular weight is 442 g/mol. The molecule has 0 aliphatic heterocycles. The average Bonchev–Trinajstić information content (AvgIpc) is 3.27. The molecule has 2 aliphatic rings. The molecule has 2 bridgehead atoms. The van der Waals surface area contributed by atoms with Gasteiger partial charge in [-0.05, 0) is 81.1 Å². The van der Waals surface area contributed by atoms with Gasteiger partial charge in [0.2, 0.25) is 10.0 Å². The Hall–Kier alpha value is -0.660. The first-order valence-electron chi connectivity index (χ1n) is 10.8. The van der Waals surface area contributed by atoms with Gasteiger partial charge in [0, 0.05) is 12.0 Å². The van der Waals surface area contributed by atoms with Crippen molar-refractivity contribution < 1.29 is 47.9 Å². The molecule has 30 heavy (non-hydrogen) atoms. The number of benzene rings is 1. The minimum absolute atomic E-state index is 0. The van der Waals surface area contributed by atoms with E-state index in [0.717, 1.165) is 32.1 Å². The summed E-state index contributed by atoms with van der Waals surface area (Å²) in [5.74, 6) is 0.579. The first kappa shape index (κ1) is 25.6. The van der Waals surface area contributed by atoms with E-state index >= 15 is 0 Å². The summed E-state index contributed by atoms with van der Waals surface area (Å²) in [6.07, 6.45) is 11.2. The van der Waals surface area contributed by atoms with E-state index in [1.165, 1.54) is 12.0 Å². The molecule has 0 saturated heterocycles. The monoisotopic (exact) mass is 441 g/mol. The normalized spacial score (nSPS) is 25.5. The maximum atomic E-state index is 12.7. The molecule has 0 spiro atoms. The van der Waals surface area contributed by atoms with E-state index in [0.29, 0.717) is 30.6 Å². The molecular formula is C23H32NNaO4S. The zero-order valence-electron chi connectivity index (χ0n) is 18.0. The molecule has 0 aromatic heterocycles. The predicted molar refractivity (Wildman–Crippen MR) is 112 cm³/mol. The van der Waals surface area contributed by atoms with Crippen LogP contribution in [0.3, 0.4) is 0 Å². The number of rotatable bonds is 12. The van der Waals surface area contributed by atoms with Gasteiger partial charge in [-0.1, -0.05) is 42.5 Å². The number of carbonyl (C=O) groups excluding carboxylic acids is 1. The van der Waals surface area contributed by atoms with Crippen LogP contribution in [0.25, 0.3) is 0 Å². The molecule has 2 aliphatic carbocycles. The number of carboxylic acids is 1. The molecule has 5 nitrogen and oxygen atoms in total. The quantitative estimate of drug-likeness (QED) is 0.277. The summed E-state index contributed by atoms with van der Waals surface area (Å²) in [5, 5.41) is 10.5. The number of nitrogens with one attached hydrogen (secondary N) is 1. The summed E-state index contributed by atoms with van der Waals surface area (Å²) in [4.78, 5) is 10.5. The third kappa shape index (κ3) is 7.79. The van der Waals surface area contributed by atoms with E-state index in [1.807, 2.05) is 36.4 Å². The van der Waals surface area contributed by atoms with Gasteiger partial charge in [-0.2, -0.15) is 0 Å². The Bertz CT molecular complexity index is 797. The van der Waals surface area contributed by atoms with Crippen LogP contribution in [0.4, 0.5) is 0 Å². The Morgan fingerprint density at radius 2 is 1.83 bits per heavy atom. The van der Waals surface area contributed by atoms with Crippen LogP contribution in [0, 0.1) is 17.8 Å². The van der Waals surface area contributed by atoms with Gasteiger partial charge in [0.05, 0.1) is 5.75 Å². The number of carboxylic acid groups (broad SMARTS) is 1. The van der Waals surface area contributed by atoms with E-state index in [9.17, 15) is 18.3 Å². The number of aliphatic carboxylic acids is 1. The van der Waals surface area contributed by atoms with Crippen LogP contribution in [0.15, 0.2) is 42.5 Å². The molecule has 0 radical (unpaired) electrons. The number of sulfonamides is 1. The van der Waals surface area contributed by atoms with Gasteiger partial charge in [-0.3, -0.25) is 0 Å². The predicted octanol–water partition coefficient (Wildman–Crippen LogP) is -0.176. The number of aryl methyl sites for hydroxylation is 1. The van der Waals surface area contributed by atoms with Crippen molar-refractivity contribution in [2.24, 2.45) is 17.8 Å². The van der Waals surface area contributed by atoms with Crippen LogP contribution in [0.2, 0.25) is 0 Å². The minimum Gasteiger partial charge on any atom is -0.550 e. The van der Waals surface area contributed by atoms with Crippen LogP contribution >= 0.6 is 0 Å². The summed E-state index contributed by atoms with van der Waals surface area (Å²) in [6.45, 7) is 0. The second-order valence-corrected chi connectivity index (χ2v) is 10.4. The van der Waals surface area contributed by atoms with Crippen molar-refractivity contribution in [3.63, 3.8) is 0 Å². The smallest absolute Gasteiger partial charge is 0.550 e. The van der Waals surface area contributed by atoms with Crippen molar-refractivity contribution in [3.8, 4) is 0 Å². The number of unbranched alkanes of at least 4 members (excludes halogenated alkanes) is 1. The number of fused-ring (bicyclic) bond motifs is 2. The Labute approximate surface area is 203 Å². The maximum absolute atomic E-state index is 12.7. The Morgan fingerprint density at radius 1 is 1.10 bits per heavy atom. The molecule has 2 fully saturated rings.